The highest BCUT2D eigenvalue weighted by molar-refractivity contribution is 5.95. The Balaban J connectivity index is 1.68. The van der Waals surface area contributed by atoms with E-state index in [0.29, 0.717) is 11.5 Å². The fourth-order valence-electron chi connectivity index (χ4n) is 2.69. The van der Waals surface area contributed by atoms with E-state index in [1.165, 1.54) is 0 Å². The lowest BCUT2D eigenvalue weighted by Gasteiger charge is -2.09. The number of benzene rings is 2. The van der Waals surface area contributed by atoms with Crippen molar-refractivity contribution in [2.45, 2.75) is 12.3 Å². The minimum absolute atomic E-state index is 0.0262. The Kier molecular flexibility index (Phi) is 4.00. The zero-order chi connectivity index (χ0) is 15.5. The maximum atomic E-state index is 12.3. The van der Waals surface area contributed by atoms with Gasteiger partial charge < -0.3 is 14.8 Å². The summed E-state index contributed by atoms with van der Waals surface area (Å²) in [5.74, 6) is 1.76. The van der Waals surface area contributed by atoms with Crippen molar-refractivity contribution in [1.82, 2.24) is 0 Å². The molecule has 1 fully saturated rings. The number of ether oxygens (including phenoxy) is 2. The quantitative estimate of drug-likeness (QED) is 0.919. The number of amides is 1. The summed E-state index contributed by atoms with van der Waals surface area (Å²) in [4.78, 5) is 12.3. The second-order valence-electron chi connectivity index (χ2n) is 5.42. The molecule has 2 aromatic rings. The first-order valence-electron chi connectivity index (χ1n) is 7.30. The largest absolute Gasteiger partial charge is 0.493 e. The van der Waals surface area contributed by atoms with E-state index in [-0.39, 0.29) is 17.7 Å². The fraction of sp³-hybridized carbons (Fsp3) is 0.278. The van der Waals surface area contributed by atoms with Gasteiger partial charge in [0, 0.05) is 11.6 Å². The van der Waals surface area contributed by atoms with Gasteiger partial charge in [-0.1, -0.05) is 24.3 Å². The summed E-state index contributed by atoms with van der Waals surface area (Å²) in [7, 11) is 3.24. The number of nitrogens with one attached hydrogen (secondary N) is 1. The zero-order valence-corrected chi connectivity index (χ0v) is 12.7. The molecule has 4 nitrogen and oxygen atoms in total. The molecule has 1 saturated carbocycles. The number of rotatable bonds is 5. The maximum absolute atomic E-state index is 12.3. The Hall–Kier alpha value is -2.49. The number of hydrogen-bond donors (Lipinski definition) is 1. The number of carbonyl (C=O) groups is 1. The van der Waals surface area contributed by atoms with Gasteiger partial charge >= 0.3 is 0 Å². The van der Waals surface area contributed by atoms with E-state index in [4.69, 9.17) is 9.47 Å². The molecule has 1 aliphatic carbocycles. The van der Waals surface area contributed by atoms with Gasteiger partial charge in [0.25, 0.3) is 0 Å². The summed E-state index contributed by atoms with van der Waals surface area (Å²) in [5, 5.41) is 2.96. The number of anilines is 1. The smallest absolute Gasteiger partial charge is 0.228 e. The third-order valence-corrected chi connectivity index (χ3v) is 4.00. The van der Waals surface area contributed by atoms with Crippen molar-refractivity contribution < 1.29 is 14.3 Å². The van der Waals surface area contributed by atoms with E-state index < -0.39 is 0 Å². The molecule has 114 valence electrons. The zero-order valence-electron chi connectivity index (χ0n) is 12.7. The van der Waals surface area contributed by atoms with Crippen LogP contribution >= 0.6 is 0 Å². The molecule has 0 aliphatic heterocycles. The standard InChI is InChI=1S/C18H19NO3/c1-21-16-9-8-12(10-17(16)22-2)14-11-15(14)18(20)19-13-6-4-3-5-7-13/h3-10,14-15H,11H2,1-2H3,(H,19,20). The number of para-hydroxylation sites is 1. The Morgan fingerprint density at radius 1 is 1.05 bits per heavy atom. The summed E-state index contributed by atoms with van der Waals surface area (Å²) < 4.78 is 10.6. The van der Waals surface area contributed by atoms with Gasteiger partial charge in [-0.3, -0.25) is 4.79 Å². The van der Waals surface area contributed by atoms with Crippen LogP contribution in [0.25, 0.3) is 0 Å². The lowest BCUT2D eigenvalue weighted by Crippen LogP contribution is -2.14. The minimum Gasteiger partial charge on any atom is -0.493 e. The molecule has 3 rings (SSSR count). The highest BCUT2D eigenvalue weighted by Crippen LogP contribution is 2.49. The van der Waals surface area contributed by atoms with Gasteiger partial charge in [-0.25, -0.2) is 0 Å². The van der Waals surface area contributed by atoms with Crippen LogP contribution in [0.1, 0.15) is 17.9 Å². The number of methoxy groups -OCH3 is 2. The number of hydrogen-bond acceptors (Lipinski definition) is 3. The second kappa shape index (κ2) is 6.10. The topological polar surface area (TPSA) is 47.6 Å². The summed E-state index contributed by atoms with van der Waals surface area (Å²) in [6, 6.07) is 15.4. The first-order valence-corrected chi connectivity index (χ1v) is 7.30. The van der Waals surface area contributed by atoms with Crippen LogP contribution < -0.4 is 14.8 Å². The van der Waals surface area contributed by atoms with E-state index in [0.717, 1.165) is 17.7 Å². The van der Waals surface area contributed by atoms with Crippen molar-refractivity contribution >= 4 is 11.6 Å². The molecule has 1 N–H and O–H groups in total. The van der Waals surface area contributed by atoms with Crippen LogP contribution in [0.4, 0.5) is 5.69 Å². The van der Waals surface area contributed by atoms with Crippen molar-refractivity contribution in [2.75, 3.05) is 19.5 Å². The molecular weight excluding hydrogens is 278 g/mol. The molecule has 2 aromatic carbocycles. The number of carbonyl (C=O) groups excluding carboxylic acids is 1. The normalized spacial score (nSPS) is 19.4. The van der Waals surface area contributed by atoms with Crippen LogP contribution in [0.5, 0.6) is 11.5 Å². The first kappa shape index (κ1) is 14.4. The Morgan fingerprint density at radius 3 is 2.45 bits per heavy atom. The first-order chi connectivity index (χ1) is 10.7. The van der Waals surface area contributed by atoms with Crippen molar-refractivity contribution in [3.05, 3.63) is 54.1 Å². The van der Waals surface area contributed by atoms with Crippen molar-refractivity contribution in [3.8, 4) is 11.5 Å². The SMILES string of the molecule is COc1ccc(C2CC2C(=O)Nc2ccccc2)cc1OC. The van der Waals surface area contributed by atoms with Crippen LogP contribution in [0.2, 0.25) is 0 Å². The van der Waals surface area contributed by atoms with E-state index >= 15 is 0 Å². The molecule has 2 atom stereocenters. The molecule has 0 spiro atoms. The van der Waals surface area contributed by atoms with Crippen molar-refractivity contribution in [1.29, 1.82) is 0 Å². The minimum atomic E-state index is 0.0262. The van der Waals surface area contributed by atoms with Crippen LogP contribution in [-0.4, -0.2) is 20.1 Å². The summed E-state index contributed by atoms with van der Waals surface area (Å²) in [5.41, 5.74) is 1.95. The van der Waals surface area contributed by atoms with Crippen molar-refractivity contribution in [3.63, 3.8) is 0 Å². The van der Waals surface area contributed by atoms with Crippen LogP contribution in [-0.2, 0) is 4.79 Å². The third kappa shape index (κ3) is 2.91. The Bertz CT molecular complexity index is 669. The average Bonchev–Trinajstić information content (AvgIpc) is 3.36. The van der Waals surface area contributed by atoms with E-state index in [9.17, 15) is 4.79 Å². The Labute approximate surface area is 130 Å². The molecule has 0 heterocycles. The molecule has 0 aromatic heterocycles. The second-order valence-corrected chi connectivity index (χ2v) is 5.42. The molecule has 4 heteroatoms. The molecule has 22 heavy (non-hydrogen) atoms. The predicted molar refractivity (Wildman–Crippen MR) is 85.5 cm³/mol. The van der Waals surface area contributed by atoms with Gasteiger partial charge in [-0.05, 0) is 42.2 Å². The van der Waals surface area contributed by atoms with Crippen LogP contribution in [0.3, 0.4) is 0 Å². The monoisotopic (exact) mass is 297 g/mol. The van der Waals surface area contributed by atoms with E-state index in [1.54, 1.807) is 14.2 Å². The lowest BCUT2D eigenvalue weighted by molar-refractivity contribution is -0.117. The van der Waals surface area contributed by atoms with Gasteiger partial charge in [0.05, 0.1) is 14.2 Å². The molecular formula is C18H19NO3. The third-order valence-electron chi connectivity index (χ3n) is 4.00. The maximum Gasteiger partial charge on any atom is 0.228 e. The highest BCUT2D eigenvalue weighted by atomic mass is 16.5. The molecule has 0 saturated heterocycles. The van der Waals surface area contributed by atoms with Gasteiger partial charge in [-0.15, -0.1) is 0 Å². The van der Waals surface area contributed by atoms with Crippen LogP contribution in [0.15, 0.2) is 48.5 Å². The Morgan fingerprint density at radius 2 is 1.77 bits per heavy atom. The van der Waals surface area contributed by atoms with Gasteiger partial charge in [0.15, 0.2) is 11.5 Å². The van der Waals surface area contributed by atoms with Gasteiger partial charge in [-0.2, -0.15) is 0 Å². The average molecular weight is 297 g/mol. The molecule has 1 aliphatic rings. The van der Waals surface area contributed by atoms with E-state index in [2.05, 4.69) is 5.32 Å². The predicted octanol–water partition coefficient (Wildman–Crippen LogP) is 3.45. The molecule has 1 amide bonds. The highest BCUT2D eigenvalue weighted by Gasteiger charge is 2.44. The molecule has 2 unspecified atom stereocenters. The summed E-state index contributed by atoms with van der Waals surface area (Å²) >= 11 is 0. The van der Waals surface area contributed by atoms with Crippen molar-refractivity contribution in [2.24, 2.45) is 5.92 Å². The van der Waals surface area contributed by atoms with Gasteiger partial charge in [0.2, 0.25) is 5.91 Å². The fourth-order valence-corrected chi connectivity index (χ4v) is 2.69. The van der Waals surface area contributed by atoms with E-state index in [1.807, 2.05) is 48.5 Å². The summed E-state index contributed by atoms with van der Waals surface area (Å²) in [6.07, 6.45) is 0.869. The molecule has 0 bridgehead atoms. The molecule has 0 radical (unpaired) electrons. The summed E-state index contributed by atoms with van der Waals surface area (Å²) in [6.45, 7) is 0. The lowest BCUT2D eigenvalue weighted by atomic mass is 10.1. The van der Waals surface area contributed by atoms with Gasteiger partial charge in [0.1, 0.15) is 0 Å². The van der Waals surface area contributed by atoms with Crippen LogP contribution in [0, 0.1) is 5.92 Å².